The molecule has 0 unspecified atom stereocenters. The summed E-state index contributed by atoms with van der Waals surface area (Å²) in [6.07, 6.45) is 0.0204. The summed E-state index contributed by atoms with van der Waals surface area (Å²) in [6.45, 7) is 2.04. The monoisotopic (exact) mass is 328 g/mol. The van der Waals surface area contributed by atoms with Gasteiger partial charge in [-0.3, -0.25) is 19.7 Å². The Kier molecular flexibility index (Phi) is 5.62. The predicted octanol–water partition coefficient (Wildman–Crippen LogP) is 2.63. The molecule has 2 aromatic carbocycles. The van der Waals surface area contributed by atoms with E-state index >= 15 is 0 Å². The maximum absolute atomic E-state index is 11.9. The Bertz CT molecular complexity index is 739. The second-order valence-electron chi connectivity index (χ2n) is 5.10. The van der Waals surface area contributed by atoms with Crippen LogP contribution in [0.2, 0.25) is 0 Å². The van der Waals surface area contributed by atoms with Crippen molar-refractivity contribution >= 4 is 17.6 Å². The maximum atomic E-state index is 11.9. The molecule has 124 valence electrons. The summed E-state index contributed by atoms with van der Waals surface area (Å²) < 4.78 is 5.13. The lowest BCUT2D eigenvalue weighted by Crippen LogP contribution is -2.27. The molecule has 0 heterocycles. The highest BCUT2D eigenvalue weighted by atomic mass is 16.6. The Hall–Kier alpha value is -3.22. The maximum Gasteiger partial charge on any atom is 0.312 e. The molecule has 2 rings (SSSR count). The third-order valence-corrected chi connectivity index (χ3v) is 3.21. The Balaban J connectivity index is 1.78. The largest absolute Gasteiger partial charge is 0.426 e. The number of ether oxygens (including phenoxy) is 1. The number of rotatable bonds is 6. The molecule has 1 amide bonds. The van der Waals surface area contributed by atoms with Gasteiger partial charge in [0.1, 0.15) is 5.75 Å². The van der Waals surface area contributed by atoms with Crippen LogP contribution in [0.4, 0.5) is 5.69 Å². The van der Waals surface area contributed by atoms with Crippen molar-refractivity contribution in [1.82, 2.24) is 5.32 Å². The van der Waals surface area contributed by atoms with Crippen LogP contribution in [0, 0.1) is 17.0 Å². The van der Waals surface area contributed by atoms with Crippen LogP contribution in [0.1, 0.15) is 22.3 Å². The van der Waals surface area contributed by atoms with Gasteiger partial charge in [-0.05, 0) is 31.2 Å². The Morgan fingerprint density at radius 3 is 2.29 bits per heavy atom. The summed E-state index contributed by atoms with van der Waals surface area (Å²) in [7, 11) is 0. The van der Waals surface area contributed by atoms with E-state index in [2.05, 4.69) is 5.32 Å². The standard InChI is InChI=1S/C17H16N2O5/c1-12-2-8-15(9-3-12)24-16(20)10-11-18-17(21)13-4-6-14(7-5-13)19(22)23/h2-9H,10-11H2,1H3,(H,18,21). The van der Waals surface area contributed by atoms with Crippen molar-refractivity contribution in [2.45, 2.75) is 13.3 Å². The van der Waals surface area contributed by atoms with Crippen molar-refractivity contribution in [3.05, 3.63) is 69.8 Å². The quantitative estimate of drug-likeness (QED) is 0.380. The molecule has 24 heavy (non-hydrogen) atoms. The van der Waals surface area contributed by atoms with Gasteiger partial charge in [-0.1, -0.05) is 17.7 Å². The number of carbonyl (C=O) groups excluding carboxylic acids is 2. The van der Waals surface area contributed by atoms with Gasteiger partial charge in [-0.25, -0.2) is 0 Å². The summed E-state index contributed by atoms with van der Waals surface area (Å²) in [5.74, 6) is -0.414. The van der Waals surface area contributed by atoms with Gasteiger partial charge >= 0.3 is 5.97 Å². The zero-order chi connectivity index (χ0) is 17.5. The van der Waals surface area contributed by atoms with E-state index in [4.69, 9.17) is 4.74 Å². The number of esters is 1. The number of benzene rings is 2. The van der Waals surface area contributed by atoms with Crippen LogP contribution in [0.15, 0.2) is 48.5 Å². The fourth-order valence-electron chi connectivity index (χ4n) is 1.90. The fourth-order valence-corrected chi connectivity index (χ4v) is 1.90. The van der Waals surface area contributed by atoms with E-state index in [0.717, 1.165) is 5.56 Å². The van der Waals surface area contributed by atoms with Crippen LogP contribution in [-0.4, -0.2) is 23.3 Å². The molecule has 2 aromatic rings. The zero-order valence-electron chi connectivity index (χ0n) is 13.0. The highest BCUT2D eigenvalue weighted by Crippen LogP contribution is 2.13. The second-order valence-corrected chi connectivity index (χ2v) is 5.10. The minimum absolute atomic E-state index is 0.0204. The van der Waals surface area contributed by atoms with Gasteiger partial charge in [0.05, 0.1) is 11.3 Å². The lowest BCUT2D eigenvalue weighted by atomic mass is 10.2. The Morgan fingerprint density at radius 2 is 1.71 bits per heavy atom. The molecular weight excluding hydrogens is 312 g/mol. The molecule has 0 aromatic heterocycles. The van der Waals surface area contributed by atoms with Crippen molar-refractivity contribution < 1.29 is 19.2 Å². The van der Waals surface area contributed by atoms with Gasteiger partial charge in [0, 0.05) is 24.2 Å². The number of nitrogens with zero attached hydrogens (tertiary/aromatic N) is 1. The summed E-state index contributed by atoms with van der Waals surface area (Å²) in [6, 6.07) is 12.3. The summed E-state index contributed by atoms with van der Waals surface area (Å²) in [5.41, 5.74) is 1.26. The highest BCUT2D eigenvalue weighted by molar-refractivity contribution is 5.94. The molecule has 0 aliphatic heterocycles. The SMILES string of the molecule is Cc1ccc(OC(=O)CCNC(=O)c2ccc([N+](=O)[O-])cc2)cc1. The third kappa shape index (κ3) is 4.91. The third-order valence-electron chi connectivity index (χ3n) is 3.21. The van der Waals surface area contributed by atoms with Gasteiger partial charge in [-0.2, -0.15) is 0 Å². The van der Waals surface area contributed by atoms with Gasteiger partial charge in [0.2, 0.25) is 0 Å². The Labute approximate surface area is 138 Å². The summed E-state index contributed by atoms with van der Waals surface area (Å²) >= 11 is 0. The van der Waals surface area contributed by atoms with Gasteiger partial charge in [0.15, 0.2) is 0 Å². The molecule has 1 N–H and O–H groups in total. The van der Waals surface area contributed by atoms with Crippen molar-refractivity contribution in [2.24, 2.45) is 0 Å². The topological polar surface area (TPSA) is 98.5 Å². The van der Waals surface area contributed by atoms with Crippen molar-refractivity contribution in [1.29, 1.82) is 0 Å². The highest BCUT2D eigenvalue weighted by Gasteiger charge is 2.10. The van der Waals surface area contributed by atoms with Gasteiger partial charge < -0.3 is 10.1 Å². The molecule has 0 spiro atoms. The van der Waals surface area contributed by atoms with E-state index in [-0.39, 0.29) is 24.2 Å². The van der Waals surface area contributed by atoms with Crippen LogP contribution < -0.4 is 10.1 Å². The minimum Gasteiger partial charge on any atom is -0.426 e. The van der Waals surface area contributed by atoms with Crippen LogP contribution in [0.5, 0.6) is 5.75 Å². The number of hydrogen-bond donors (Lipinski definition) is 1. The van der Waals surface area contributed by atoms with E-state index in [1.807, 2.05) is 19.1 Å². The zero-order valence-corrected chi connectivity index (χ0v) is 13.0. The van der Waals surface area contributed by atoms with Crippen molar-refractivity contribution in [3.8, 4) is 5.75 Å². The van der Waals surface area contributed by atoms with E-state index in [1.165, 1.54) is 24.3 Å². The number of non-ortho nitro benzene ring substituents is 1. The Morgan fingerprint density at radius 1 is 1.08 bits per heavy atom. The molecule has 0 radical (unpaired) electrons. The van der Waals surface area contributed by atoms with Gasteiger partial charge in [-0.15, -0.1) is 0 Å². The number of nitro groups is 1. The summed E-state index contributed by atoms with van der Waals surface area (Å²) in [4.78, 5) is 33.6. The number of hydrogen-bond acceptors (Lipinski definition) is 5. The lowest BCUT2D eigenvalue weighted by Gasteiger charge is -2.06. The molecule has 0 aliphatic rings. The molecule has 7 heteroatoms. The molecular formula is C17H16N2O5. The molecule has 0 bridgehead atoms. The van der Waals surface area contributed by atoms with Crippen LogP contribution in [0.3, 0.4) is 0 Å². The molecule has 0 saturated carbocycles. The van der Waals surface area contributed by atoms with E-state index < -0.39 is 16.8 Å². The molecule has 0 saturated heterocycles. The smallest absolute Gasteiger partial charge is 0.312 e. The van der Waals surface area contributed by atoms with Gasteiger partial charge in [0.25, 0.3) is 11.6 Å². The lowest BCUT2D eigenvalue weighted by molar-refractivity contribution is -0.384. The van der Waals surface area contributed by atoms with Crippen molar-refractivity contribution in [2.75, 3.05) is 6.54 Å². The first kappa shape index (κ1) is 17.1. The first-order valence-corrected chi connectivity index (χ1v) is 7.26. The number of aryl methyl sites for hydroxylation is 1. The first-order chi connectivity index (χ1) is 11.5. The minimum atomic E-state index is -0.539. The molecule has 0 aliphatic carbocycles. The van der Waals surface area contributed by atoms with E-state index in [9.17, 15) is 19.7 Å². The first-order valence-electron chi connectivity index (χ1n) is 7.26. The predicted molar refractivity (Wildman–Crippen MR) is 86.9 cm³/mol. The number of nitrogens with one attached hydrogen (secondary N) is 1. The van der Waals surface area contributed by atoms with E-state index in [0.29, 0.717) is 5.75 Å². The number of nitro benzene ring substituents is 1. The normalized spacial score (nSPS) is 10.0. The fraction of sp³-hybridized carbons (Fsp3) is 0.176. The average Bonchev–Trinajstić information content (AvgIpc) is 2.57. The molecule has 0 atom stereocenters. The molecule has 7 nitrogen and oxygen atoms in total. The number of carbonyl (C=O) groups is 2. The summed E-state index contributed by atoms with van der Waals surface area (Å²) in [5, 5.41) is 13.1. The van der Waals surface area contributed by atoms with Crippen molar-refractivity contribution in [3.63, 3.8) is 0 Å². The van der Waals surface area contributed by atoms with Crippen LogP contribution in [-0.2, 0) is 4.79 Å². The second kappa shape index (κ2) is 7.87. The number of amides is 1. The molecule has 0 fully saturated rings. The van der Waals surface area contributed by atoms with Crippen LogP contribution >= 0.6 is 0 Å². The van der Waals surface area contributed by atoms with E-state index in [1.54, 1.807) is 12.1 Å². The average molecular weight is 328 g/mol. The van der Waals surface area contributed by atoms with Crippen LogP contribution in [0.25, 0.3) is 0 Å².